The average Bonchev–Trinajstić information content (AvgIpc) is 2.81. The van der Waals surface area contributed by atoms with Gasteiger partial charge in [-0.05, 0) is 61.9 Å². The molecule has 0 spiro atoms. The smallest absolute Gasteiger partial charge is 0.329 e. The highest BCUT2D eigenvalue weighted by atomic mass is 16.5. The quantitative estimate of drug-likeness (QED) is 0.278. The van der Waals surface area contributed by atoms with Gasteiger partial charge in [-0.15, -0.1) is 0 Å². The summed E-state index contributed by atoms with van der Waals surface area (Å²) < 4.78 is 10.8. The predicted octanol–water partition coefficient (Wildman–Crippen LogP) is 1.49. The van der Waals surface area contributed by atoms with Crippen LogP contribution in [0.15, 0.2) is 48.5 Å². The van der Waals surface area contributed by atoms with Crippen LogP contribution in [0.1, 0.15) is 47.4 Å². The number of nitrogens with one attached hydrogen (secondary N) is 4. The highest BCUT2D eigenvalue weighted by Gasteiger charge is 2.16. The SMILES string of the molecule is CCCCOc1ccc(C(=O)NNC(=O)C(=O)NNC(=O)c2ccc(OCC)cc2)cc1. The van der Waals surface area contributed by atoms with Crippen LogP contribution in [-0.2, 0) is 9.59 Å². The second-order valence-corrected chi connectivity index (χ2v) is 6.50. The van der Waals surface area contributed by atoms with E-state index in [-0.39, 0.29) is 11.1 Å². The van der Waals surface area contributed by atoms with E-state index >= 15 is 0 Å². The van der Waals surface area contributed by atoms with Crippen molar-refractivity contribution >= 4 is 23.6 Å². The van der Waals surface area contributed by atoms with Crippen molar-refractivity contribution in [2.45, 2.75) is 26.7 Å². The lowest BCUT2D eigenvalue weighted by Crippen LogP contribution is -2.52. The number of hydrogen-bond acceptors (Lipinski definition) is 6. The van der Waals surface area contributed by atoms with Crippen LogP contribution in [0, 0.1) is 0 Å². The zero-order valence-electron chi connectivity index (χ0n) is 17.9. The molecule has 0 aliphatic carbocycles. The van der Waals surface area contributed by atoms with E-state index in [2.05, 4.69) is 17.8 Å². The molecule has 0 saturated carbocycles. The molecule has 2 rings (SSSR count). The molecule has 0 saturated heterocycles. The molecule has 0 heterocycles. The van der Waals surface area contributed by atoms with Crippen LogP contribution in [0.3, 0.4) is 0 Å². The summed E-state index contributed by atoms with van der Waals surface area (Å²) in [6, 6.07) is 12.5. The third-order valence-electron chi connectivity index (χ3n) is 4.10. The highest BCUT2D eigenvalue weighted by molar-refractivity contribution is 6.35. The fourth-order valence-electron chi connectivity index (χ4n) is 2.39. The van der Waals surface area contributed by atoms with Crippen molar-refractivity contribution in [3.63, 3.8) is 0 Å². The number of carbonyl (C=O) groups is 4. The lowest BCUT2D eigenvalue weighted by molar-refractivity contribution is -0.140. The number of hydrazine groups is 2. The zero-order chi connectivity index (χ0) is 23.3. The molecule has 4 amide bonds. The summed E-state index contributed by atoms with van der Waals surface area (Å²) in [5, 5.41) is 0. The van der Waals surface area contributed by atoms with Crippen molar-refractivity contribution in [1.29, 1.82) is 0 Å². The standard InChI is InChI=1S/C22H26N4O6/c1-3-5-14-32-18-12-8-16(9-13-18)20(28)24-26-22(30)21(29)25-23-19(27)15-6-10-17(11-7-15)31-4-2/h6-13H,3-5,14H2,1-2H3,(H,23,27)(H,24,28)(H,25,29)(H,26,30). The number of carbonyl (C=O) groups excluding carboxylic acids is 4. The summed E-state index contributed by atoms with van der Waals surface area (Å²) in [6.45, 7) is 4.97. The van der Waals surface area contributed by atoms with Crippen LogP contribution in [0.4, 0.5) is 0 Å². The van der Waals surface area contributed by atoms with E-state index in [4.69, 9.17) is 9.47 Å². The van der Waals surface area contributed by atoms with Crippen molar-refractivity contribution in [2.24, 2.45) is 0 Å². The number of unbranched alkanes of at least 4 members (excludes halogenated alkanes) is 1. The normalized spacial score (nSPS) is 9.94. The van der Waals surface area contributed by atoms with Crippen LogP contribution in [0.2, 0.25) is 0 Å². The summed E-state index contributed by atoms with van der Waals surface area (Å²) in [7, 11) is 0. The Labute approximate surface area is 185 Å². The molecule has 2 aromatic rings. The lowest BCUT2D eigenvalue weighted by atomic mass is 10.2. The maximum atomic E-state index is 12.1. The molecule has 0 aliphatic heterocycles. The Hall–Kier alpha value is -4.08. The molecule has 0 radical (unpaired) electrons. The minimum atomic E-state index is -1.16. The third-order valence-corrected chi connectivity index (χ3v) is 4.10. The van der Waals surface area contributed by atoms with Gasteiger partial charge in [0.25, 0.3) is 11.8 Å². The number of benzene rings is 2. The molecule has 0 atom stereocenters. The summed E-state index contributed by atoms with van der Waals surface area (Å²) in [4.78, 5) is 47.7. The van der Waals surface area contributed by atoms with Crippen LogP contribution >= 0.6 is 0 Å². The molecular weight excluding hydrogens is 416 g/mol. The van der Waals surface area contributed by atoms with Crippen LogP contribution in [-0.4, -0.2) is 36.8 Å². The Morgan fingerprint density at radius 3 is 1.50 bits per heavy atom. The zero-order valence-corrected chi connectivity index (χ0v) is 17.9. The third kappa shape index (κ3) is 7.63. The maximum Gasteiger partial charge on any atom is 0.329 e. The summed E-state index contributed by atoms with van der Waals surface area (Å²) >= 11 is 0. The Bertz CT molecular complexity index is 928. The highest BCUT2D eigenvalue weighted by Crippen LogP contribution is 2.13. The molecule has 2 aromatic carbocycles. The van der Waals surface area contributed by atoms with E-state index in [1.807, 2.05) is 17.8 Å². The molecule has 4 N–H and O–H groups in total. The molecule has 0 aliphatic rings. The van der Waals surface area contributed by atoms with E-state index in [1.165, 1.54) is 24.3 Å². The van der Waals surface area contributed by atoms with Gasteiger partial charge in [-0.3, -0.25) is 40.9 Å². The Morgan fingerprint density at radius 1 is 0.656 bits per heavy atom. The lowest BCUT2D eigenvalue weighted by Gasteiger charge is -2.10. The Morgan fingerprint density at radius 2 is 1.09 bits per heavy atom. The Balaban J connectivity index is 1.75. The van der Waals surface area contributed by atoms with Crippen LogP contribution in [0.5, 0.6) is 11.5 Å². The van der Waals surface area contributed by atoms with Crippen molar-refractivity contribution in [1.82, 2.24) is 21.7 Å². The first-order valence-corrected chi connectivity index (χ1v) is 10.1. The van der Waals surface area contributed by atoms with Crippen LogP contribution < -0.4 is 31.2 Å². The van der Waals surface area contributed by atoms with Gasteiger partial charge in [-0.2, -0.15) is 0 Å². The molecule has 32 heavy (non-hydrogen) atoms. The summed E-state index contributed by atoms with van der Waals surface area (Å²) in [5.41, 5.74) is 8.69. The summed E-state index contributed by atoms with van der Waals surface area (Å²) in [5.74, 6) is -2.35. The molecule has 10 heteroatoms. The fraction of sp³-hybridized carbons (Fsp3) is 0.273. The first kappa shape index (κ1) is 24.2. The van der Waals surface area contributed by atoms with Crippen molar-refractivity contribution < 1.29 is 28.7 Å². The second-order valence-electron chi connectivity index (χ2n) is 6.50. The van der Waals surface area contributed by atoms with E-state index < -0.39 is 23.6 Å². The fourth-order valence-corrected chi connectivity index (χ4v) is 2.39. The van der Waals surface area contributed by atoms with Gasteiger partial charge >= 0.3 is 11.8 Å². The minimum Gasteiger partial charge on any atom is -0.494 e. The van der Waals surface area contributed by atoms with Gasteiger partial charge in [-0.1, -0.05) is 13.3 Å². The van der Waals surface area contributed by atoms with Crippen LogP contribution in [0.25, 0.3) is 0 Å². The van der Waals surface area contributed by atoms with Gasteiger partial charge < -0.3 is 9.47 Å². The molecule has 0 aromatic heterocycles. The monoisotopic (exact) mass is 442 g/mol. The first-order chi connectivity index (χ1) is 15.4. The van der Waals surface area contributed by atoms with Gasteiger partial charge in [0, 0.05) is 11.1 Å². The molecule has 0 unspecified atom stereocenters. The van der Waals surface area contributed by atoms with E-state index in [9.17, 15) is 19.2 Å². The molecule has 170 valence electrons. The van der Waals surface area contributed by atoms with Gasteiger partial charge in [0.05, 0.1) is 13.2 Å². The first-order valence-electron chi connectivity index (χ1n) is 10.1. The number of hydrogen-bond donors (Lipinski definition) is 4. The molecule has 0 fully saturated rings. The minimum absolute atomic E-state index is 0.254. The average molecular weight is 442 g/mol. The van der Waals surface area contributed by atoms with Gasteiger partial charge in [0.1, 0.15) is 11.5 Å². The predicted molar refractivity (Wildman–Crippen MR) is 116 cm³/mol. The molecule has 10 nitrogen and oxygen atoms in total. The Kier molecular flexibility index (Phi) is 9.51. The van der Waals surface area contributed by atoms with E-state index in [1.54, 1.807) is 24.3 Å². The molecule has 0 bridgehead atoms. The number of ether oxygens (including phenoxy) is 2. The number of amides is 4. The largest absolute Gasteiger partial charge is 0.494 e. The van der Waals surface area contributed by atoms with Crippen molar-refractivity contribution in [2.75, 3.05) is 13.2 Å². The van der Waals surface area contributed by atoms with Gasteiger partial charge in [-0.25, -0.2) is 0 Å². The maximum absolute atomic E-state index is 12.1. The summed E-state index contributed by atoms with van der Waals surface area (Å²) in [6.07, 6.45) is 1.94. The van der Waals surface area contributed by atoms with Gasteiger partial charge in [0.15, 0.2) is 0 Å². The van der Waals surface area contributed by atoms with Crippen molar-refractivity contribution in [3.8, 4) is 11.5 Å². The van der Waals surface area contributed by atoms with Gasteiger partial charge in [0.2, 0.25) is 0 Å². The second kappa shape index (κ2) is 12.6. The number of rotatable bonds is 8. The molecular formula is C22H26N4O6. The van der Waals surface area contributed by atoms with Crippen molar-refractivity contribution in [3.05, 3.63) is 59.7 Å². The van der Waals surface area contributed by atoms with E-state index in [0.717, 1.165) is 12.8 Å². The topological polar surface area (TPSA) is 135 Å². The van der Waals surface area contributed by atoms with E-state index in [0.29, 0.717) is 24.7 Å².